The maximum Gasteiger partial charge on any atom is 0.325 e. The lowest BCUT2D eigenvalue weighted by Gasteiger charge is -2.05. The standard InChI is InChI=1S/C16H13ClN2O3S/c1-9-13(10-3-5-11(17)6-4-10)14-15(23-9)18-8-19(16(14)21)7-12(20)22-2/h3-6,8H,7H2,1-2H3. The highest BCUT2D eigenvalue weighted by Gasteiger charge is 2.17. The number of halogens is 1. The number of aromatic nitrogens is 2. The van der Waals surface area contributed by atoms with E-state index in [9.17, 15) is 9.59 Å². The molecular weight excluding hydrogens is 336 g/mol. The number of esters is 1. The second kappa shape index (κ2) is 6.14. The molecule has 2 heterocycles. The molecule has 0 saturated carbocycles. The van der Waals surface area contributed by atoms with E-state index in [1.54, 1.807) is 12.1 Å². The number of methoxy groups -OCH3 is 1. The third-order valence-corrected chi connectivity index (χ3v) is 4.78. The van der Waals surface area contributed by atoms with Crippen molar-refractivity contribution < 1.29 is 9.53 Å². The second-order valence-corrected chi connectivity index (χ2v) is 6.61. The van der Waals surface area contributed by atoms with Crippen molar-refractivity contribution in [2.24, 2.45) is 0 Å². The Morgan fingerprint density at radius 3 is 2.70 bits per heavy atom. The molecule has 0 aliphatic heterocycles. The largest absolute Gasteiger partial charge is 0.468 e. The molecule has 0 spiro atoms. The van der Waals surface area contributed by atoms with Crippen LogP contribution in [0.5, 0.6) is 0 Å². The van der Waals surface area contributed by atoms with Crippen LogP contribution in [0.3, 0.4) is 0 Å². The lowest BCUT2D eigenvalue weighted by molar-refractivity contribution is -0.141. The highest BCUT2D eigenvalue weighted by Crippen LogP contribution is 2.35. The van der Waals surface area contributed by atoms with E-state index in [4.69, 9.17) is 11.6 Å². The van der Waals surface area contributed by atoms with Crippen LogP contribution >= 0.6 is 22.9 Å². The van der Waals surface area contributed by atoms with Crippen LogP contribution in [0.4, 0.5) is 0 Å². The number of carbonyl (C=O) groups excluding carboxylic acids is 1. The third-order valence-electron chi connectivity index (χ3n) is 3.51. The van der Waals surface area contributed by atoms with Gasteiger partial charge in [-0.25, -0.2) is 4.98 Å². The van der Waals surface area contributed by atoms with E-state index >= 15 is 0 Å². The van der Waals surface area contributed by atoms with Crippen LogP contribution in [0, 0.1) is 6.92 Å². The summed E-state index contributed by atoms with van der Waals surface area (Å²) >= 11 is 7.39. The topological polar surface area (TPSA) is 61.2 Å². The molecule has 0 atom stereocenters. The fourth-order valence-electron chi connectivity index (χ4n) is 2.42. The number of carbonyl (C=O) groups is 1. The molecule has 7 heteroatoms. The van der Waals surface area contributed by atoms with Crippen LogP contribution in [-0.4, -0.2) is 22.6 Å². The number of nitrogens with zero attached hydrogens (tertiary/aromatic N) is 2. The van der Waals surface area contributed by atoms with Gasteiger partial charge in [0, 0.05) is 15.5 Å². The smallest absolute Gasteiger partial charge is 0.325 e. The van der Waals surface area contributed by atoms with E-state index in [0.717, 1.165) is 16.0 Å². The normalized spacial score (nSPS) is 10.9. The first kappa shape index (κ1) is 15.7. The Morgan fingerprint density at radius 2 is 2.04 bits per heavy atom. The zero-order valence-electron chi connectivity index (χ0n) is 12.5. The van der Waals surface area contributed by atoms with Crippen molar-refractivity contribution in [1.29, 1.82) is 0 Å². The van der Waals surface area contributed by atoms with E-state index in [0.29, 0.717) is 15.2 Å². The highest BCUT2D eigenvalue weighted by atomic mass is 35.5. The molecule has 3 rings (SSSR count). The zero-order chi connectivity index (χ0) is 16.6. The van der Waals surface area contributed by atoms with E-state index in [1.807, 2.05) is 19.1 Å². The number of ether oxygens (including phenoxy) is 1. The first-order chi connectivity index (χ1) is 11.0. The lowest BCUT2D eigenvalue weighted by atomic mass is 10.0. The molecule has 0 N–H and O–H groups in total. The molecule has 0 fully saturated rings. The van der Waals surface area contributed by atoms with Crippen molar-refractivity contribution in [2.75, 3.05) is 7.11 Å². The molecule has 3 aromatic rings. The minimum absolute atomic E-state index is 0.159. The number of aryl methyl sites for hydroxylation is 1. The maximum absolute atomic E-state index is 12.8. The van der Waals surface area contributed by atoms with Crippen LogP contribution in [0.1, 0.15) is 4.88 Å². The van der Waals surface area contributed by atoms with Gasteiger partial charge in [0.05, 0.1) is 18.8 Å². The van der Waals surface area contributed by atoms with Gasteiger partial charge in [0.1, 0.15) is 11.4 Å². The van der Waals surface area contributed by atoms with Crippen molar-refractivity contribution >= 4 is 39.1 Å². The molecule has 23 heavy (non-hydrogen) atoms. The third kappa shape index (κ3) is 2.87. The molecule has 0 amide bonds. The molecule has 0 unspecified atom stereocenters. The van der Waals surface area contributed by atoms with Crippen molar-refractivity contribution in [3.05, 3.63) is 50.8 Å². The van der Waals surface area contributed by atoms with E-state index in [2.05, 4.69) is 9.72 Å². The summed E-state index contributed by atoms with van der Waals surface area (Å²) in [7, 11) is 1.28. The van der Waals surface area contributed by atoms with Gasteiger partial charge in [-0.1, -0.05) is 23.7 Å². The number of thiophene rings is 1. The van der Waals surface area contributed by atoms with Gasteiger partial charge in [-0.15, -0.1) is 11.3 Å². The molecule has 0 aliphatic rings. The van der Waals surface area contributed by atoms with Gasteiger partial charge >= 0.3 is 5.97 Å². The summed E-state index contributed by atoms with van der Waals surface area (Å²) < 4.78 is 5.88. The van der Waals surface area contributed by atoms with Gasteiger partial charge < -0.3 is 4.74 Å². The lowest BCUT2D eigenvalue weighted by Crippen LogP contribution is -2.25. The van der Waals surface area contributed by atoms with Crippen molar-refractivity contribution in [2.45, 2.75) is 13.5 Å². The first-order valence-electron chi connectivity index (χ1n) is 6.82. The Morgan fingerprint density at radius 1 is 1.35 bits per heavy atom. The molecular formula is C16H13ClN2O3S. The Hall–Kier alpha value is -2.18. The van der Waals surface area contributed by atoms with Crippen LogP contribution in [-0.2, 0) is 16.1 Å². The average Bonchev–Trinajstić information content (AvgIpc) is 2.88. The number of rotatable bonds is 3. The minimum Gasteiger partial charge on any atom is -0.468 e. The van der Waals surface area contributed by atoms with E-state index in [-0.39, 0.29) is 12.1 Å². The number of hydrogen-bond acceptors (Lipinski definition) is 5. The summed E-state index contributed by atoms with van der Waals surface area (Å²) in [6.45, 7) is 1.79. The zero-order valence-corrected chi connectivity index (χ0v) is 14.1. The van der Waals surface area contributed by atoms with Crippen LogP contribution in [0.15, 0.2) is 35.4 Å². The van der Waals surface area contributed by atoms with Gasteiger partial charge in [-0.2, -0.15) is 0 Å². The second-order valence-electron chi connectivity index (χ2n) is 4.97. The predicted octanol–water partition coefficient (Wildman–Crippen LogP) is 3.26. The summed E-state index contributed by atoms with van der Waals surface area (Å²) in [6, 6.07) is 7.30. The summed E-state index contributed by atoms with van der Waals surface area (Å²) in [6.07, 6.45) is 1.38. The Balaban J connectivity index is 2.23. The molecule has 0 bridgehead atoms. The van der Waals surface area contributed by atoms with Crippen LogP contribution < -0.4 is 5.56 Å². The fourth-order valence-corrected chi connectivity index (χ4v) is 3.55. The quantitative estimate of drug-likeness (QED) is 0.682. The summed E-state index contributed by atoms with van der Waals surface area (Å²) in [5, 5.41) is 1.15. The van der Waals surface area contributed by atoms with Gasteiger partial charge in [0.25, 0.3) is 5.56 Å². The molecule has 2 aromatic heterocycles. The summed E-state index contributed by atoms with van der Waals surface area (Å²) in [4.78, 5) is 30.1. The molecule has 0 radical (unpaired) electrons. The van der Waals surface area contributed by atoms with E-state index < -0.39 is 5.97 Å². The SMILES string of the molecule is COC(=O)Cn1cnc2sc(C)c(-c3ccc(Cl)cc3)c2c1=O. The summed E-state index contributed by atoms with van der Waals surface area (Å²) in [5.41, 5.74) is 1.47. The van der Waals surface area contributed by atoms with Crippen molar-refractivity contribution in [3.8, 4) is 11.1 Å². The molecule has 118 valence electrons. The Labute approximate surface area is 141 Å². The Kier molecular flexibility index (Phi) is 4.19. The molecule has 5 nitrogen and oxygen atoms in total. The summed E-state index contributed by atoms with van der Waals surface area (Å²) in [5.74, 6) is -0.492. The van der Waals surface area contributed by atoms with Crippen molar-refractivity contribution in [3.63, 3.8) is 0 Å². The predicted molar refractivity (Wildman–Crippen MR) is 91.1 cm³/mol. The van der Waals surface area contributed by atoms with Gasteiger partial charge in [0.15, 0.2) is 0 Å². The maximum atomic E-state index is 12.8. The molecule has 1 aromatic carbocycles. The first-order valence-corrected chi connectivity index (χ1v) is 8.02. The van der Waals surface area contributed by atoms with Crippen LogP contribution in [0.25, 0.3) is 21.3 Å². The number of fused-ring (bicyclic) bond motifs is 1. The van der Waals surface area contributed by atoms with Crippen LogP contribution in [0.2, 0.25) is 5.02 Å². The van der Waals surface area contributed by atoms with Crippen molar-refractivity contribution in [1.82, 2.24) is 9.55 Å². The van der Waals surface area contributed by atoms with Gasteiger partial charge in [-0.05, 0) is 24.6 Å². The minimum atomic E-state index is -0.492. The monoisotopic (exact) mass is 348 g/mol. The van der Waals surface area contributed by atoms with Gasteiger partial charge in [-0.3, -0.25) is 14.2 Å². The molecule has 0 saturated heterocycles. The Bertz CT molecular complexity index is 944. The molecule has 0 aliphatic carbocycles. The van der Waals surface area contributed by atoms with E-state index in [1.165, 1.54) is 29.3 Å². The average molecular weight is 349 g/mol. The number of benzene rings is 1. The fraction of sp³-hybridized carbons (Fsp3) is 0.188. The number of hydrogen-bond donors (Lipinski definition) is 0. The van der Waals surface area contributed by atoms with Gasteiger partial charge in [0.2, 0.25) is 0 Å². The highest BCUT2D eigenvalue weighted by molar-refractivity contribution is 7.19.